The van der Waals surface area contributed by atoms with Gasteiger partial charge < -0.3 is 10.4 Å². The van der Waals surface area contributed by atoms with Gasteiger partial charge in [-0.2, -0.15) is 0 Å². The van der Waals surface area contributed by atoms with Gasteiger partial charge in [-0.3, -0.25) is 4.79 Å². The zero-order chi connectivity index (χ0) is 17.7. The van der Waals surface area contributed by atoms with Crippen LogP contribution in [0.25, 0.3) is 12.2 Å². The molecule has 124 valence electrons. The van der Waals surface area contributed by atoms with Gasteiger partial charge in [0.25, 0.3) is 0 Å². The molecule has 0 atom stereocenters. The Bertz CT molecular complexity index is 785. The van der Waals surface area contributed by atoms with Gasteiger partial charge in [0.2, 0.25) is 5.91 Å². The van der Waals surface area contributed by atoms with Crippen LogP contribution in [-0.2, 0) is 4.79 Å². The predicted molar refractivity (Wildman–Crippen MR) is 96.9 cm³/mol. The highest BCUT2D eigenvalue weighted by Gasteiger charge is 2.20. The van der Waals surface area contributed by atoms with Gasteiger partial charge in [-0.05, 0) is 35.4 Å². The largest absolute Gasteiger partial charge is 0.478 e. The molecule has 0 radical (unpaired) electrons. The monoisotopic (exact) mass is 323 g/mol. The summed E-state index contributed by atoms with van der Waals surface area (Å²) in [6.07, 6.45) is 3.73. The minimum atomic E-state index is -0.947. The van der Waals surface area contributed by atoms with Crippen LogP contribution in [0.4, 0.5) is 5.69 Å². The third-order valence-electron chi connectivity index (χ3n) is 3.43. The number of carboxylic acid groups (broad SMARTS) is 1. The number of carboxylic acids is 1. The molecule has 24 heavy (non-hydrogen) atoms. The van der Waals surface area contributed by atoms with Crippen molar-refractivity contribution in [1.29, 1.82) is 0 Å². The first kappa shape index (κ1) is 17.5. The lowest BCUT2D eigenvalue weighted by Crippen LogP contribution is -2.27. The van der Waals surface area contributed by atoms with Crippen molar-refractivity contribution in [3.05, 3.63) is 65.2 Å². The molecule has 0 saturated carbocycles. The van der Waals surface area contributed by atoms with Crippen LogP contribution in [0.15, 0.2) is 48.5 Å². The molecular formula is C20H21NO3. The van der Waals surface area contributed by atoms with Crippen molar-refractivity contribution in [3.63, 3.8) is 0 Å². The number of benzene rings is 2. The maximum Gasteiger partial charge on any atom is 0.335 e. The summed E-state index contributed by atoms with van der Waals surface area (Å²) in [5.41, 5.74) is 2.25. The molecule has 0 saturated heterocycles. The Labute approximate surface area is 141 Å². The van der Waals surface area contributed by atoms with Gasteiger partial charge in [-0.15, -0.1) is 0 Å². The molecule has 2 aromatic rings. The summed E-state index contributed by atoms with van der Waals surface area (Å²) in [7, 11) is 0. The number of hydrogen-bond donors (Lipinski definition) is 2. The number of carbonyl (C=O) groups excluding carboxylic acids is 1. The van der Waals surface area contributed by atoms with E-state index in [0.29, 0.717) is 0 Å². The van der Waals surface area contributed by atoms with E-state index in [-0.39, 0.29) is 11.5 Å². The minimum Gasteiger partial charge on any atom is -0.478 e. The molecule has 2 rings (SSSR count). The first-order valence-corrected chi connectivity index (χ1v) is 7.69. The van der Waals surface area contributed by atoms with Gasteiger partial charge in [0.1, 0.15) is 0 Å². The number of rotatable bonds is 4. The van der Waals surface area contributed by atoms with Crippen molar-refractivity contribution in [3.8, 4) is 0 Å². The Morgan fingerprint density at radius 2 is 1.54 bits per heavy atom. The van der Waals surface area contributed by atoms with E-state index in [1.807, 2.05) is 63.3 Å². The molecule has 1 amide bonds. The number of aromatic carboxylic acids is 1. The van der Waals surface area contributed by atoms with Crippen LogP contribution in [0.2, 0.25) is 0 Å². The fourth-order valence-electron chi connectivity index (χ4n) is 2.01. The second-order valence-electron chi connectivity index (χ2n) is 6.59. The van der Waals surface area contributed by atoms with Crippen LogP contribution < -0.4 is 5.32 Å². The van der Waals surface area contributed by atoms with Crippen LogP contribution in [0.5, 0.6) is 0 Å². The number of carbonyl (C=O) groups is 2. The molecule has 0 bridgehead atoms. The number of hydrogen-bond acceptors (Lipinski definition) is 2. The Morgan fingerprint density at radius 3 is 2.12 bits per heavy atom. The van der Waals surface area contributed by atoms with E-state index in [4.69, 9.17) is 5.11 Å². The predicted octanol–water partition coefficient (Wildman–Crippen LogP) is 4.54. The molecular weight excluding hydrogens is 302 g/mol. The summed E-state index contributed by atoms with van der Waals surface area (Å²) in [6.45, 7) is 5.59. The lowest BCUT2D eigenvalue weighted by atomic mass is 9.95. The molecule has 0 aliphatic heterocycles. The average Bonchev–Trinajstić information content (AvgIpc) is 2.52. The number of nitrogens with one attached hydrogen (secondary N) is 1. The molecule has 2 aromatic carbocycles. The summed E-state index contributed by atoms with van der Waals surface area (Å²) >= 11 is 0. The van der Waals surface area contributed by atoms with E-state index in [1.165, 1.54) is 0 Å². The lowest BCUT2D eigenvalue weighted by molar-refractivity contribution is -0.123. The van der Waals surface area contributed by atoms with Crippen molar-refractivity contribution in [1.82, 2.24) is 0 Å². The summed E-state index contributed by atoms with van der Waals surface area (Å²) in [4.78, 5) is 23.0. The van der Waals surface area contributed by atoms with Crippen LogP contribution in [-0.4, -0.2) is 17.0 Å². The van der Waals surface area contributed by atoms with Crippen LogP contribution in [0.1, 0.15) is 42.3 Å². The highest BCUT2D eigenvalue weighted by atomic mass is 16.4. The van der Waals surface area contributed by atoms with Gasteiger partial charge in [-0.1, -0.05) is 57.2 Å². The second-order valence-corrected chi connectivity index (χ2v) is 6.59. The van der Waals surface area contributed by atoms with Crippen molar-refractivity contribution in [2.75, 3.05) is 5.32 Å². The summed E-state index contributed by atoms with van der Waals surface area (Å²) in [6, 6.07) is 14.2. The van der Waals surface area contributed by atoms with Gasteiger partial charge in [0.15, 0.2) is 0 Å². The third-order valence-corrected chi connectivity index (χ3v) is 3.43. The molecule has 4 nitrogen and oxygen atoms in total. The van der Waals surface area contributed by atoms with Crippen LogP contribution >= 0.6 is 0 Å². The van der Waals surface area contributed by atoms with Crippen LogP contribution in [0.3, 0.4) is 0 Å². The quantitative estimate of drug-likeness (QED) is 0.812. The minimum absolute atomic E-state index is 0.0437. The standard InChI is InChI=1S/C20H21NO3/c1-20(2,3)19(24)21-17-9-5-7-15(13-17)11-10-14-6-4-8-16(12-14)18(22)23/h4-13H,1-3H3,(H,21,24)(H,22,23)/b11-10-. The van der Waals surface area contributed by atoms with Crippen molar-refractivity contribution < 1.29 is 14.7 Å². The summed E-state index contributed by atoms with van der Waals surface area (Å²) in [5.74, 6) is -0.991. The van der Waals surface area contributed by atoms with E-state index in [1.54, 1.807) is 18.2 Å². The first-order chi connectivity index (χ1) is 11.3. The van der Waals surface area contributed by atoms with E-state index in [0.717, 1.165) is 16.8 Å². The first-order valence-electron chi connectivity index (χ1n) is 7.69. The fourth-order valence-corrected chi connectivity index (χ4v) is 2.01. The smallest absolute Gasteiger partial charge is 0.335 e. The molecule has 0 heterocycles. The zero-order valence-corrected chi connectivity index (χ0v) is 14.0. The molecule has 0 unspecified atom stereocenters. The fraction of sp³-hybridized carbons (Fsp3) is 0.200. The Hall–Kier alpha value is -2.88. The highest BCUT2D eigenvalue weighted by Crippen LogP contribution is 2.19. The molecule has 0 spiro atoms. The van der Waals surface area contributed by atoms with E-state index < -0.39 is 11.4 Å². The van der Waals surface area contributed by atoms with Gasteiger partial charge in [-0.25, -0.2) is 4.79 Å². The Kier molecular flexibility index (Phi) is 5.19. The molecule has 0 aliphatic carbocycles. The lowest BCUT2D eigenvalue weighted by Gasteiger charge is -2.17. The molecule has 0 aromatic heterocycles. The van der Waals surface area contributed by atoms with E-state index >= 15 is 0 Å². The number of amides is 1. The van der Waals surface area contributed by atoms with Crippen molar-refractivity contribution in [2.24, 2.45) is 5.41 Å². The molecule has 4 heteroatoms. The van der Waals surface area contributed by atoms with Crippen molar-refractivity contribution >= 4 is 29.7 Å². The second kappa shape index (κ2) is 7.13. The molecule has 2 N–H and O–H groups in total. The Morgan fingerprint density at radius 1 is 0.958 bits per heavy atom. The Balaban J connectivity index is 2.16. The van der Waals surface area contributed by atoms with Gasteiger partial charge in [0, 0.05) is 11.1 Å². The van der Waals surface area contributed by atoms with Crippen LogP contribution in [0, 0.1) is 5.41 Å². The number of anilines is 1. The van der Waals surface area contributed by atoms with Gasteiger partial charge in [0.05, 0.1) is 5.56 Å². The van der Waals surface area contributed by atoms with E-state index in [9.17, 15) is 9.59 Å². The van der Waals surface area contributed by atoms with Gasteiger partial charge >= 0.3 is 5.97 Å². The zero-order valence-electron chi connectivity index (χ0n) is 14.0. The van der Waals surface area contributed by atoms with E-state index in [2.05, 4.69) is 5.32 Å². The molecule has 0 aliphatic rings. The summed E-state index contributed by atoms with van der Waals surface area (Å²) < 4.78 is 0. The highest BCUT2D eigenvalue weighted by molar-refractivity contribution is 5.95. The average molecular weight is 323 g/mol. The van der Waals surface area contributed by atoms with Crippen molar-refractivity contribution in [2.45, 2.75) is 20.8 Å². The SMILES string of the molecule is CC(C)(C)C(=O)Nc1cccc(/C=C\c2cccc(C(=O)O)c2)c1. The normalized spacial score (nSPS) is 11.5. The maximum atomic E-state index is 12.0. The third kappa shape index (κ3) is 4.81. The summed E-state index contributed by atoms with van der Waals surface area (Å²) in [5, 5.41) is 11.9. The maximum absolute atomic E-state index is 12.0. The molecule has 0 fully saturated rings. The topological polar surface area (TPSA) is 66.4 Å².